The van der Waals surface area contributed by atoms with Gasteiger partial charge in [-0.25, -0.2) is 4.39 Å². The molecule has 0 N–H and O–H groups in total. The van der Waals surface area contributed by atoms with Crippen molar-refractivity contribution in [3.05, 3.63) is 24.3 Å². The van der Waals surface area contributed by atoms with Gasteiger partial charge in [-0.1, -0.05) is 25.7 Å². The van der Waals surface area contributed by atoms with E-state index in [-0.39, 0.29) is 0 Å². The molecule has 1 heteroatoms. The second-order valence-corrected chi connectivity index (χ2v) is 1.53. The Labute approximate surface area is 49.7 Å². The van der Waals surface area contributed by atoms with E-state index in [1.54, 1.807) is 6.08 Å². The molecule has 0 aliphatic rings. The fourth-order valence-electron chi connectivity index (χ4n) is 0.455. The van der Waals surface area contributed by atoms with Crippen LogP contribution in [0.15, 0.2) is 24.3 Å². The minimum absolute atomic E-state index is 0.392. The minimum Gasteiger partial charge on any atom is -0.246 e. The van der Waals surface area contributed by atoms with Gasteiger partial charge in [-0.3, -0.25) is 0 Å². The number of alkyl halides is 1. The van der Waals surface area contributed by atoms with E-state index in [9.17, 15) is 4.39 Å². The van der Waals surface area contributed by atoms with Gasteiger partial charge in [0.2, 0.25) is 0 Å². The third kappa shape index (κ3) is 2.56. The Bertz CT molecular complexity index is 92.6. The van der Waals surface area contributed by atoms with Crippen molar-refractivity contribution in [2.75, 3.05) is 6.67 Å². The van der Waals surface area contributed by atoms with Crippen molar-refractivity contribution in [2.45, 2.75) is 13.3 Å². The Kier molecular flexibility index (Phi) is 4.23. The van der Waals surface area contributed by atoms with Crippen LogP contribution in [0.5, 0.6) is 0 Å². The topological polar surface area (TPSA) is 0 Å². The maximum absolute atomic E-state index is 11.7. The normalized spacial score (nSPS) is 11.5. The molecular weight excluding hydrogens is 103 g/mol. The third-order valence-electron chi connectivity index (χ3n) is 0.883. The highest BCUT2D eigenvalue weighted by Gasteiger charge is 1.83. The van der Waals surface area contributed by atoms with Crippen LogP contribution in [0.25, 0.3) is 0 Å². The summed E-state index contributed by atoms with van der Waals surface area (Å²) in [6.07, 6.45) is 4.25. The average molecular weight is 114 g/mol. The second-order valence-electron chi connectivity index (χ2n) is 1.53. The average Bonchev–Trinajstić information content (AvgIpc) is 1.83. The van der Waals surface area contributed by atoms with Crippen LogP contribution >= 0.6 is 0 Å². The van der Waals surface area contributed by atoms with Crippen molar-refractivity contribution >= 4 is 0 Å². The van der Waals surface area contributed by atoms with Crippen LogP contribution in [0, 0.1) is 0 Å². The molecule has 0 aromatic carbocycles. The Morgan fingerprint density at radius 3 is 2.50 bits per heavy atom. The van der Waals surface area contributed by atoms with Crippen LogP contribution in [-0.4, -0.2) is 6.67 Å². The van der Waals surface area contributed by atoms with Crippen molar-refractivity contribution in [3.63, 3.8) is 0 Å². The SMILES string of the molecule is C=C/C(=C\CC)CF. The molecule has 0 atom stereocenters. The molecule has 0 aromatic heterocycles. The molecule has 0 nitrogen and oxygen atoms in total. The lowest BCUT2D eigenvalue weighted by atomic mass is 10.2. The molecule has 0 saturated heterocycles. The van der Waals surface area contributed by atoms with Crippen molar-refractivity contribution in [3.8, 4) is 0 Å². The summed E-state index contributed by atoms with van der Waals surface area (Å²) in [5.41, 5.74) is 0.688. The molecule has 0 saturated carbocycles. The first-order valence-electron chi connectivity index (χ1n) is 2.72. The largest absolute Gasteiger partial charge is 0.246 e. The van der Waals surface area contributed by atoms with E-state index in [2.05, 4.69) is 6.58 Å². The maximum atomic E-state index is 11.7. The lowest BCUT2D eigenvalue weighted by Gasteiger charge is -1.88. The van der Waals surface area contributed by atoms with Crippen LogP contribution in [0.2, 0.25) is 0 Å². The summed E-state index contributed by atoms with van der Waals surface area (Å²) in [4.78, 5) is 0. The zero-order valence-corrected chi connectivity index (χ0v) is 5.15. The number of allylic oxidation sites excluding steroid dienone is 3. The number of halogens is 1. The molecule has 0 radical (unpaired) electrons. The van der Waals surface area contributed by atoms with Crippen molar-refractivity contribution < 1.29 is 4.39 Å². The second kappa shape index (κ2) is 4.57. The molecule has 0 aliphatic carbocycles. The highest BCUT2D eigenvalue weighted by Crippen LogP contribution is 1.96. The molecule has 8 heavy (non-hydrogen) atoms. The van der Waals surface area contributed by atoms with Gasteiger partial charge in [0.15, 0.2) is 0 Å². The summed E-state index contributed by atoms with van der Waals surface area (Å²) in [6.45, 7) is 5.02. The molecule has 0 amide bonds. The van der Waals surface area contributed by atoms with Crippen LogP contribution in [0.3, 0.4) is 0 Å². The summed E-state index contributed by atoms with van der Waals surface area (Å²) in [7, 11) is 0. The first-order chi connectivity index (χ1) is 3.85. The summed E-state index contributed by atoms with van der Waals surface area (Å²) in [6, 6.07) is 0. The lowest BCUT2D eigenvalue weighted by molar-refractivity contribution is 0.548. The van der Waals surface area contributed by atoms with E-state index in [1.165, 1.54) is 0 Å². The number of hydrogen-bond acceptors (Lipinski definition) is 0. The monoisotopic (exact) mass is 114 g/mol. The van der Waals surface area contributed by atoms with Crippen LogP contribution in [-0.2, 0) is 0 Å². The molecule has 0 bridgehead atoms. The predicted octanol–water partition coefficient (Wildman–Crippen LogP) is 2.48. The van der Waals surface area contributed by atoms with E-state index in [0.717, 1.165) is 6.42 Å². The van der Waals surface area contributed by atoms with E-state index >= 15 is 0 Å². The summed E-state index contributed by atoms with van der Waals surface area (Å²) >= 11 is 0. The fraction of sp³-hybridized carbons (Fsp3) is 0.429. The molecule has 46 valence electrons. The van der Waals surface area contributed by atoms with Crippen LogP contribution < -0.4 is 0 Å². The van der Waals surface area contributed by atoms with Gasteiger partial charge in [0.1, 0.15) is 6.67 Å². The predicted molar refractivity (Wildman–Crippen MR) is 34.5 cm³/mol. The molecule has 0 fully saturated rings. The maximum Gasteiger partial charge on any atom is 0.114 e. The van der Waals surface area contributed by atoms with Gasteiger partial charge in [0.05, 0.1) is 0 Å². The first kappa shape index (κ1) is 7.41. The molecule has 0 heterocycles. The van der Waals surface area contributed by atoms with Crippen molar-refractivity contribution in [2.24, 2.45) is 0 Å². The van der Waals surface area contributed by atoms with Gasteiger partial charge in [0.25, 0.3) is 0 Å². The number of rotatable bonds is 3. The first-order valence-corrected chi connectivity index (χ1v) is 2.72. The molecular formula is C7H11F. The zero-order valence-electron chi connectivity index (χ0n) is 5.15. The lowest BCUT2D eigenvalue weighted by Crippen LogP contribution is -1.77. The number of hydrogen-bond donors (Lipinski definition) is 0. The molecule has 0 aliphatic heterocycles. The Balaban J connectivity index is 3.66. The minimum atomic E-state index is -0.392. The highest BCUT2D eigenvalue weighted by molar-refractivity contribution is 5.15. The molecule has 0 unspecified atom stereocenters. The molecule has 0 rings (SSSR count). The van der Waals surface area contributed by atoms with E-state index in [0.29, 0.717) is 5.57 Å². The van der Waals surface area contributed by atoms with Gasteiger partial charge in [-0.05, 0) is 12.0 Å². The van der Waals surface area contributed by atoms with Gasteiger partial charge >= 0.3 is 0 Å². The van der Waals surface area contributed by atoms with Crippen LogP contribution in [0.4, 0.5) is 4.39 Å². The van der Waals surface area contributed by atoms with Crippen molar-refractivity contribution in [1.29, 1.82) is 0 Å². The Hall–Kier alpha value is -0.590. The summed E-state index contributed by atoms with van der Waals surface area (Å²) in [5.74, 6) is 0. The van der Waals surface area contributed by atoms with Gasteiger partial charge < -0.3 is 0 Å². The van der Waals surface area contributed by atoms with Gasteiger partial charge in [-0.2, -0.15) is 0 Å². The summed E-state index contributed by atoms with van der Waals surface area (Å²) < 4.78 is 11.7. The Morgan fingerprint density at radius 2 is 2.38 bits per heavy atom. The smallest absolute Gasteiger partial charge is 0.114 e. The van der Waals surface area contributed by atoms with Gasteiger partial charge in [-0.15, -0.1) is 0 Å². The highest BCUT2D eigenvalue weighted by atomic mass is 19.1. The summed E-state index contributed by atoms with van der Waals surface area (Å²) in [5, 5.41) is 0. The van der Waals surface area contributed by atoms with Crippen LogP contribution in [0.1, 0.15) is 13.3 Å². The molecule has 0 spiro atoms. The van der Waals surface area contributed by atoms with E-state index in [4.69, 9.17) is 0 Å². The van der Waals surface area contributed by atoms with Gasteiger partial charge in [0, 0.05) is 0 Å². The zero-order chi connectivity index (χ0) is 6.41. The van der Waals surface area contributed by atoms with E-state index in [1.807, 2.05) is 13.0 Å². The van der Waals surface area contributed by atoms with Crippen molar-refractivity contribution in [1.82, 2.24) is 0 Å². The quantitative estimate of drug-likeness (QED) is 0.494. The third-order valence-corrected chi connectivity index (χ3v) is 0.883. The fourth-order valence-corrected chi connectivity index (χ4v) is 0.455. The van der Waals surface area contributed by atoms with E-state index < -0.39 is 6.67 Å². The standard InChI is InChI=1S/C7H11F/c1-3-5-7(4-2)6-8/h4-5H,2-3,6H2,1H3/b7-5+. The Morgan fingerprint density at radius 1 is 1.75 bits per heavy atom. The molecule has 0 aromatic rings.